The highest BCUT2D eigenvalue weighted by atomic mass is 35.5. The molecule has 0 unspecified atom stereocenters. The minimum absolute atomic E-state index is 0.00866. The molecule has 0 radical (unpaired) electrons. The van der Waals surface area contributed by atoms with Gasteiger partial charge in [0.15, 0.2) is 5.76 Å². The van der Waals surface area contributed by atoms with Crippen LogP contribution in [0.4, 0.5) is 0 Å². The van der Waals surface area contributed by atoms with Gasteiger partial charge in [-0.05, 0) is 12.1 Å². The molecule has 1 aromatic heterocycles. The summed E-state index contributed by atoms with van der Waals surface area (Å²) in [5, 5.41) is 4.38. The Hall–Kier alpha value is -2.11. The molecule has 5 nitrogen and oxygen atoms in total. The number of nitrogens with zero attached hydrogens (tertiary/aromatic N) is 1. The van der Waals surface area contributed by atoms with Crippen LogP contribution in [-0.4, -0.2) is 23.8 Å². The SMILES string of the molecule is COC1=CC(=O)c2onc(-c3c(Cl)cccc3Cl)c2C1=O. The van der Waals surface area contributed by atoms with Crippen LogP contribution in [0, 0.1) is 0 Å². The molecule has 1 aliphatic carbocycles. The maximum absolute atomic E-state index is 12.3. The summed E-state index contributed by atoms with van der Waals surface area (Å²) in [6.45, 7) is 0. The van der Waals surface area contributed by atoms with Crippen LogP contribution >= 0.6 is 23.2 Å². The number of benzene rings is 1. The Labute approximate surface area is 129 Å². The number of allylic oxidation sites excluding steroid dienone is 2. The average molecular weight is 324 g/mol. The number of fused-ring (bicyclic) bond motifs is 1. The van der Waals surface area contributed by atoms with Gasteiger partial charge >= 0.3 is 0 Å². The first kappa shape index (κ1) is 13.9. The van der Waals surface area contributed by atoms with E-state index in [1.807, 2.05) is 0 Å². The Morgan fingerprint density at radius 3 is 2.43 bits per heavy atom. The molecule has 0 atom stereocenters. The third-order valence-electron chi connectivity index (χ3n) is 3.05. The minimum atomic E-state index is -0.501. The van der Waals surface area contributed by atoms with E-state index in [0.29, 0.717) is 15.6 Å². The van der Waals surface area contributed by atoms with Crippen LogP contribution in [0.1, 0.15) is 20.9 Å². The van der Waals surface area contributed by atoms with E-state index in [9.17, 15) is 9.59 Å². The fraction of sp³-hybridized carbons (Fsp3) is 0.0714. The van der Waals surface area contributed by atoms with Crippen molar-refractivity contribution < 1.29 is 18.8 Å². The quantitative estimate of drug-likeness (QED) is 0.845. The third-order valence-corrected chi connectivity index (χ3v) is 3.68. The van der Waals surface area contributed by atoms with E-state index >= 15 is 0 Å². The molecule has 0 bridgehead atoms. The van der Waals surface area contributed by atoms with Gasteiger partial charge in [0.2, 0.25) is 17.3 Å². The van der Waals surface area contributed by atoms with Gasteiger partial charge < -0.3 is 9.26 Å². The van der Waals surface area contributed by atoms with Crippen molar-refractivity contribution in [2.75, 3.05) is 7.11 Å². The molecule has 7 heteroatoms. The molecule has 0 amide bonds. The summed E-state index contributed by atoms with van der Waals surface area (Å²) in [7, 11) is 1.30. The number of hydrogen-bond acceptors (Lipinski definition) is 5. The van der Waals surface area contributed by atoms with Crippen molar-refractivity contribution in [1.29, 1.82) is 0 Å². The first-order valence-electron chi connectivity index (χ1n) is 5.83. The van der Waals surface area contributed by atoms with E-state index in [1.54, 1.807) is 18.2 Å². The van der Waals surface area contributed by atoms with Crippen LogP contribution < -0.4 is 0 Å². The maximum Gasteiger partial charge on any atom is 0.234 e. The van der Waals surface area contributed by atoms with Crippen molar-refractivity contribution in [1.82, 2.24) is 5.16 Å². The van der Waals surface area contributed by atoms with Gasteiger partial charge in [0.05, 0.1) is 17.2 Å². The second kappa shape index (κ2) is 5.02. The van der Waals surface area contributed by atoms with E-state index in [1.165, 1.54) is 7.11 Å². The molecular weight excluding hydrogens is 317 g/mol. The first-order chi connectivity index (χ1) is 10.0. The molecule has 0 spiro atoms. The van der Waals surface area contributed by atoms with Gasteiger partial charge in [-0.15, -0.1) is 0 Å². The zero-order valence-electron chi connectivity index (χ0n) is 10.6. The summed E-state index contributed by atoms with van der Waals surface area (Å²) in [5.41, 5.74) is 0.472. The van der Waals surface area contributed by atoms with Gasteiger partial charge in [-0.25, -0.2) is 0 Å². The molecule has 0 fully saturated rings. The molecule has 1 aliphatic rings. The van der Waals surface area contributed by atoms with Crippen molar-refractivity contribution in [2.24, 2.45) is 0 Å². The number of ether oxygens (including phenoxy) is 1. The Balaban J connectivity index is 2.27. The van der Waals surface area contributed by atoms with Gasteiger partial charge in [-0.1, -0.05) is 34.4 Å². The van der Waals surface area contributed by atoms with Gasteiger partial charge in [0, 0.05) is 11.6 Å². The number of hydrogen-bond donors (Lipinski definition) is 0. The zero-order valence-corrected chi connectivity index (χ0v) is 12.2. The normalized spacial score (nSPS) is 14.0. The monoisotopic (exact) mass is 323 g/mol. The summed E-state index contributed by atoms with van der Waals surface area (Å²) >= 11 is 12.2. The Morgan fingerprint density at radius 1 is 1.14 bits per heavy atom. The van der Waals surface area contributed by atoms with E-state index in [-0.39, 0.29) is 22.8 Å². The molecule has 0 saturated heterocycles. The molecule has 3 rings (SSSR count). The van der Waals surface area contributed by atoms with Crippen molar-refractivity contribution in [3.63, 3.8) is 0 Å². The van der Waals surface area contributed by atoms with Gasteiger partial charge in [-0.2, -0.15) is 0 Å². The molecule has 21 heavy (non-hydrogen) atoms. The standard InChI is InChI=1S/C14H7Cl2NO4/c1-20-9-5-8(18)14-11(13(9)19)12(17-21-14)10-6(15)3-2-4-7(10)16/h2-5H,1H3. The van der Waals surface area contributed by atoms with Crippen LogP contribution in [0.5, 0.6) is 0 Å². The highest BCUT2D eigenvalue weighted by Crippen LogP contribution is 2.38. The Morgan fingerprint density at radius 2 is 1.81 bits per heavy atom. The lowest BCUT2D eigenvalue weighted by Gasteiger charge is -2.10. The van der Waals surface area contributed by atoms with Crippen molar-refractivity contribution in [3.05, 3.63) is 51.4 Å². The number of aromatic nitrogens is 1. The summed E-state index contributed by atoms with van der Waals surface area (Å²) in [6, 6.07) is 4.87. The molecule has 2 aromatic rings. The predicted octanol–water partition coefficient (Wildman–Crippen LogP) is 3.56. The largest absolute Gasteiger partial charge is 0.492 e. The molecule has 0 N–H and O–H groups in total. The van der Waals surface area contributed by atoms with E-state index < -0.39 is 11.6 Å². The Kier molecular flexibility index (Phi) is 3.31. The number of carbonyl (C=O) groups is 2. The summed E-state index contributed by atoms with van der Waals surface area (Å²) in [6.07, 6.45) is 1.06. The molecule has 0 aliphatic heterocycles. The van der Waals surface area contributed by atoms with Gasteiger partial charge in [0.25, 0.3) is 0 Å². The lowest BCUT2D eigenvalue weighted by molar-refractivity contribution is 0.0902. The maximum atomic E-state index is 12.3. The van der Waals surface area contributed by atoms with E-state index in [0.717, 1.165) is 6.08 Å². The lowest BCUT2D eigenvalue weighted by Crippen LogP contribution is -2.17. The van der Waals surface area contributed by atoms with Crippen molar-refractivity contribution in [2.45, 2.75) is 0 Å². The fourth-order valence-electron chi connectivity index (χ4n) is 2.09. The predicted molar refractivity (Wildman–Crippen MR) is 75.7 cm³/mol. The summed E-state index contributed by atoms with van der Waals surface area (Å²) in [5.74, 6) is -1.23. The molecule has 1 heterocycles. The van der Waals surface area contributed by atoms with Crippen LogP contribution in [0.15, 0.2) is 34.6 Å². The van der Waals surface area contributed by atoms with Crippen molar-refractivity contribution in [3.8, 4) is 11.3 Å². The van der Waals surface area contributed by atoms with E-state index in [4.69, 9.17) is 32.5 Å². The molecule has 1 aromatic carbocycles. The van der Waals surface area contributed by atoms with Gasteiger partial charge in [-0.3, -0.25) is 9.59 Å². The van der Waals surface area contributed by atoms with Crippen LogP contribution in [0.2, 0.25) is 10.0 Å². The summed E-state index contributed by atoms with van der Waals surface area (Å²) in [4.78, 5) is 24.2. The average Bonchev–Trinajstić information content (AvgIpc) is 2.88. The molecule has 0 saturated carbocycles. The minimum Gasteiger partial charge on any atom is -0.492 e. The Bertz CT molecular complexity index is 787. The van der Waals surface area contributed by atoms with Crippen LogP contribution in [-0.2, 0) is 4.74 Å². The highest BCUT2D eigenvalue weighted by Gasteiger charge is 2.35. The zero-order chi connectivity index (χ0) is 15.1. The first-order valence-corrected chi connectivity index (χ1v) is 6.59. The molecule has 106 valence electrons. The second-order valence-corrected chi connectivity index (χ2v) is 5.05. The smallest absolute Gasteiger partial charge is 0.234 e. The fourth-order valence-corrected chi connectivity index (χ4v) is 2.67. The topological polar surface area (TPSA) is 69.4 Å². The number of rotatable bonds is 2. The number of ketones is 2. The van der Waals surface area contributed by atoms with Crippen LogP contribution in [0.25, 0.3) is 11.3 Å². The third kappa shape index (κ3) is 2.05. The highest BCUT2D eigenvalue weighted by molar-refractivity contribution is 6.39. The summed E-state index contributed by atoms with van der Waals surface area (Å²) < 4.78 is 9.90. The number of halogens is 2. The van der Waals surface area contributed by atoms with E-state index in [2.05, 4.69) is 5.16 Å². The lowest BCUT2D eigenvalue weighted by atomic mass is 9.95. The number of methoxy groups -OCH3 is 1. The van der Waals surface area contributed by atoms with Gasteiger partial charge in [0.1, 0.15) is 11.3 Å². The second-order valence-electron chi connectivity index (χ2n) is 4.24. The number of carbonyl (C=O) groups excluding carboxylic acids is 2. The molecular formula is C14H7Cl2NO4. The van der Waals surface area contributed by atoms with Crippen LogP contribution in [0.3, 0.4) is 0 Å². The van der Waals surface area contributed by atoms with Crippen molar-refractivity contribution >= 4 is 34.8 Å². The number of Topliss-reactive ketones (excluding diaryl/α,β-unsaturated/α-hetero) is 1.